The van der Waals surface area contributed by atoms with E-state index in [0.717, 1.165) is 28.7 Å². The van der Waals surface area contributed by atoms with E-state index in [1.807, 2.05) is 19.2 Å². The minimum atomic E-state index is 0. The van der Waals surface area contributed by atoms with Crippen molar-refractivity contribution in [2.75, 3.05) is 26.7 Å². The third-order valence-corrected chi connectivity index (χ3v) is 5.08. The summed E-state index contributed by atoms with van der Waals surface area (Å²) in [5.41, 5.74) is 6.00. The number of likely N-dealkylation sites (N-methyl/N-ethyl adjacent to an activating group) is 1. The Balaban J connectivity index is 0.00000220. The molecule has 0 radical (unpaired) electrons. The highest BCUT2D eigenvalue weighted by Crippen LogP contribution is 2.22. The van der Waals surface area contributed by atoms with Gasteiger partial charge in [-0.2, -0.15) is 0 Å². The normalized spacial score (nSPS) is 22.7. The van der Waals surface area contributed by atoms with Crippen LogP contribution in [0.15, 0.2) is 12.1 Å². The number of nitrogens with zero attached hydrogens (tertiary/aromatic N) is 2. The van der Waals surface area contributed by atoms with Gasteiger partial charge < -0.3 is 10.6 Å². The Bertz CT molecular complexity index is 469. The summed E-state index contributed by atoms with van der Waals surface area (Å²) in [5.74, 6) is 0.607. The zero-order valence-electron chi connectivity index (χ0n) is 12.4. The van der Waals surface area contributed by atoms with Crippen LogP contribution in [0.2, 0.25) is 4.34 Å². The van der Waals surface area contributed by atoms with Crippen LogP contribution in [-0.4, -0.2) is 48.4 Å². The molecule has 120 valence electrons. The fraction of sp³-hybridized carbons (Fsp3) is 0.643. The molecule has 4 nitrogen and oxygen atoms in total. The van der Waals surface area contributed by atoms with Crippen molar-refractivity contribution in [2.24, 2.45) is 11.7 Å². The second-order valence-electron chi connectivity index (χ2n) is 5.62. The van der Waals surface area contributed by atoms with Gasteiger partial charge in [-0.15, -0.1) is 23.7 Å². The summed E-state index contributed by atoms with van der Waals surface area (Å²) >= 11 is 7.43. The Morgan fingerprint density at radius 1 is 1.57 bits per heavy atom. The summed E-state index contributed by atoms with van der Waals surface area (Å²) in [5, 5.41) is 0. The van der Waals surface area contributed by atoms with E-state index in [9.17, 15) is 4.79 Å². The average molecular weight is 352 g/mol. The lowest BCUT2D eigenvalue weighted by molar-refractivity contribution is -0.132. The van der Waals surface area contributed by atoms with Crippen molar-refractivity contribution in [3.8, 4) is 0 Å². The molecule has 0 bridgehead atoms. The molecule has 1 fully saturated rings. The van der Waals surface area contributed by atoms with Crippen molar-refractivity contribution < 1.29 is 4.79 Å². The Hall–Kier alpha value is -0.330. The molecule has 1 aliphatic heterocycles. The van der Waals surface area contributed by atoms with Gasteiger partial charge in [0.2, 0.25) is 5.91 Å². The maximum atomic E-state index is 12.2. The summed E-state index contributed by atoms with van der Waals surface area (Å²) in [4.78, 5) is 17.3. The van der Waals surface area contributed by atoms with E-state index in [0.29, 0.717) is 19.0 Å². The molecular formula is C14H23Cl2N3OS. The molecular weight excluding hydrogens is 329 g/mol. The van der Waals surface area contributed by atoms with Gasteiger partial charge in [0.25, 0.3) is 0 Å². The first-order valence-corrected chi connectivity index (χ1v) is 8.11. The van der Waals surface area contributed by atoms with E-state index in [2.05, 4.69) is 11.8 Å². The second-order valence-corrected chi connectivity index (χ2v) is 7.42. The standard InChI is InChI=1S/C14H22ClN3OS.ClH/c1-10-7-18(6-5-12(10)16)9-14(19)17(2)8-11-3-4-13(15)20-11;/h3-4,10,12H,5-9,16H2,1-2H3;1H. The number of carbonyl (C=O) groups excluding carboxylic acids is 1. The molecule has 2 unspecified atom stereocenters. The first-order valence-electron chi connectivity index (χ1n) is 6.92. The summed E-state index contributed by atoms with van der Waals surface area (Å²) in [7, 11) is 1.84. The number of carbonyl (C=O) groups is 1. The average Bonchev–Trinajstić information content (AvgIpc) is 2.79. The largest absolute Gasteiger partial charge is 0.340 e. The second kappa shape index (κ2) is 8.34. The summed E-state index contributed by atoms with van der Waals surface area (Å²) in [6.45, 7) is 5.08. The highest BCUT2D eigenvalue weighted by atomic mass is 35.5. The number of hydrogen-bond donors (Lipinski definition) is 1. The van der Waals surface area contributed by atoms with E-state index in [1.165, 1.54) is 11.3 Å². The first kappa shape index (κ1) is 18.7. The number of rotatable bonds is 4. The molecule has 1 saturated heterocycles. The van der Waals surface area contributed by atoms with E-state index >= 15 is 0 Å². The Morgan fingerprint density at radius 3 is 2.86 bits per heavy atom. The molecule has 1 amide bonds. The van der Waals surface area contributed by atoms with Crippen molar-refractivity contribution in [3.05, 3.63) is 21.3 Å². The minimum absolute atomic E-state index is 0. The van der Waals surface area contributed by atoms with Gasteiger partial charge >= 0.3 is 0 Å². The Kier molecular flexibility index (Phi) is 7.44. The molecule has 0 spiro atoms. The topological polar surface area (TPSA) is 49.6 Å². The van der Waals surface area contributed by atoms with Crippen molar-refractivity contribution in [2.45, 2.75) is 25.9 Å². The summed E-state index contributed by atoms with van der Waals surface area (Å²) in [6.07, 6.45) is 0.971. The van der Waals surface area contributed by atoms with Crippen LogP contribution in [0.4, 0.5) is 0 Å². The van der Waals surface area contributed by atoms with Crippen LogP contribution in [0.5, 0.6) is 0 Å². The smallest absolute Gasteiger partial charge is 0.236 e. The van der Waals surface area contributed by atoms with Gasteiger partial charge in [-0.25, -0.2) is 0 Å². The summed E-state index contributed by atoms with van der Waals surface area (Å²) < 4.78 is 0.764. The predicted octanol–water partition coefficient (Wildman–Crippen LogP) is 2.45. The third-order valence-electron chi connectivity index (χ3n) is 3.86. The van der Waals surface area contributed by atoms with Crippen molar-refractivity contribution in [1.29, 1.82) is 0 Å². The van der Waals surface area contributed by atoms with Gasteiger partial charge in [0.05, 0.1) is 17.4 Å². The molecule has 0 aliphatic carbocycles. The van der Waals surface area contributed by atoms with Crippen LogP contribution >= 0.6 is 35.3 Å². The van der Waals surface area contributed by atoms with Crippen LogP contribution < -0.4 is 5.73 Å². The quantitative estimate of drug-likeness (QED) is 0.906. The maximum Gasteiger partial charge on any atom is 0.236 e. The molecule has 2 rings (SSSR count). The number of amides is 1. The molecule has 2 heterocycles. The molecule has 0 aromatic carbocycles. The monoisotopic (exact) mass is 351 g/mol. The number of piperidine rings is 1. The number of thiophene rings is 1. The predicted molar refractivity (Wildman–Crippen MR) is 91.2 cm³/mol. The van der Waals surface area contributed by atoms with E-state index in [1.54, 1.807) is 4.90 Å². The molecule has 0 saturated carbocycles. The third kappa shape index (κ3) is 5.42. The van der Waals surface area contributed by atoms with Crippen molar-refractivity contribution in [1.82, 2.24) is 9.80 Å². The van der Waals surface area contributed by atoms with Gasteiger partial charge in [-0.05, 0) is 24.5 Å². The highest BCUT2D eigenvalue weighted by molar-refractivity contribution is 7.16. The molecule has 1 aliphatic rings. The molecule has 7 heteroatoms. The zero-order valence-corrected chi connectivity index (χ0v) is 14.8. The Labute approximate surface area is 141 Å². The van der Waals surface area contributed by atoms with Crippen LogP contribution in [0.1, 0.15) is 18.2 Å². The van der Waals surface area contributed by atoms with Gasteiger partial charge in [0.1, 0.15) is 0 Å². The van der Waals surface area contributed by atoms with Crippen LogP contribution in [-0.2, 0) is 11.3 Å². The Morgan fingerprint density at radius 2 is 2.29 bits per heavy atom. The van der Waals surface area contributed by atoms with Crippen molar-refractivity contribution in [3.63, 3.8) is 0 Å². The minimum Gasteiger partial charge on any atom is -0.340 e. The van der Waals surface area contributed by atoms with E-state index in [4.69, 9.17) is 17.3 Å². The van der Waals surface area contributed by atoms with Crippen LogP contribution in [0.25, 0.3) is 0 Å². The number of hydrogen-bond acceptors (Lipinski definition) is 4. The molecule has 2 atom stereocenters. The lowest BCUT2D eigenvalue weighted by Crippen LogP contribution is -2.49. The first-order chi connectivity index (χ1) is 9.45. The fourth-order valence-corrected chi connectivity index (χ4v) is 3.61. The number of nitrogens with two attached hydrogens (primary N) is 1. The lowest BCUT2D eigenvalue weighted by Gasteiger charge is -2.35. The summed E-state index contributed by atoms with van der Waals surface area (Å²) in [6, 6.07) is 4.11. The van der Waals surface area contributed by atoms with Gasteiger partial charge in [0.15, 0.2) is 0 Å². The van der Waals surface area contributed by atoms with E-state index in [-0.39, 0.29) is 24.4 Å². The highest BCUT2D eigenvalue weighted by Gasteiger charge is 2.25. The molecule has 21 heavy (non-hydrogen) atoms. The van der Waals surface area contributed by atoms with E-state index < -0.39 is 0 Å². The number of halogens is 2. The van der Waals surface area contributed by atoms with Gasteiger partial charge in [0, 0.05) is 31.1 Å². The maximum absolute atomic E-state index is 12.2. The van der Waals surface area contributed by atoms with Crippen molar-refractivity contribution >= 4 is 41.3 Å². The molecule has 1 aromatic heterocycles. The van der Waals surface area contributed by atoms with Crippen LogP contribution in [0, 0.1) is 5.92 Å². The SMILES string of the molecule is CC1CN(CC(=O)N(C)Cc2ccc(Cl)s2)CCC1N.Cl. The molecule has 1 aromatic rings. The van der Waals surface area contributed by atoms with Gasteiger partial charge in [-0.3, -0.25) is 9.69 Å². The molecule has 2 N–H and O–H groups in total. The zero-order chi connectivity index (χ0) is 14.7. The number of likely N-dealkylation sites (tertiary alicyclic amines) is 1. The fourth-order valence-electron chi connectivity index (χ4n) is 2.46. The lowest BCUT2D eigenvalue weighted by atomic mass is 9.95. The van der Waals surface area contributed by atoms with Crippen LogP contribution in [0.3, 0.4) is 0 Å². The van der Waals surface area contributed by atoms with Gasteiger partial charge in [-0.1, -0.05) is 18.5 Å².